The molecule has 31 heavy (non-hydrogen) atoms. The van der Waals surface area contributed by atoms with E-state index in [-0.39, 0.29) is 24.7 Å². The Labute approximate surface area is 181 Å². The van der Waals surface area contributed by atoms with Gasteiger partial charge in [0.1, 0.15) is 0 Å². The lowest BCUT2D eigenvalue weighted by atomic mass is 10.0. The number of para-hydroxylation sites is 1. The highest BCUT2D eigenvalue weighted by atomic mass is 16.5. The van der Waals surface area contributed by atoms with Crippen LogP contribution >= 0.6 is 0 Å². The summed E-state index contributed by atoms with van der Waals surface area (Å²) in [4.78, 5) is 32.0. The van der Waals surface area contributed by atoms with Gasteiger partial charge in [0.15, 0.2) is 6.61 Å². The minimum Gasteiger partial charge on any atom is -0.452 e. The zero-order valence-corrected chi connectivity index (χ0v) is 18.0. The third-order valence-electron chi connectivity index (χ3n) is 5.38. The van der Waals surface area contributed by atoms with Crippen molar-refractivity contribution in [3.05, 3.63) is 65.7 Å². The number of pyridine rings is 1. The van der Waals surface area contributed by atoms with Crippen molar-refractivity contribution in [1.82, 2.24) is 9.88 Å². The van der Waals surface area contributed by atoms with Crippen molar-refractivity contribution < 1.29 is 19.1 Å². The number of carbonyl (C=O) groups excluding carboxylic acids is 2. The van der Waals surface area contributed by atoms with Gasteiger partial charge < -0.3 is 14.4 Å². The molecule has 6 heteroatoms. The summed E-state index contributed by atoms with van der Waals surface area (Å²) >= 11 is 0. The van der Waals surface area contributed by atoms with E-state index in [1.54, 1.807) is 11.0 Å². The van der Waals surface area contributed by atoms with Crippen LogP contribution in [0.3, 0.4) is 0 Å². The Morgan fingerprint density at radius 2 is 1.74 bits per heavy atom. The van der Waals surface area contributed by atoms with Gasteiger partial charge in [-0.25, -0.2) is 9.78 Å². The normalized spacial score (nSPS) is 18.7. The second-order valence-corrected chi connectivity index (χ2v) is 8.07. The molecule has 0 N–H and O–H groups in total. The number of hydrogen-bond acceptors (Lipinski definition) is 5. The Hall–Kier alpha value is -3.25. The summed E-state index contributed by atoms with van der Waals surface area (Å²) in [5, 5.41) is 0.699. The summed E-state index contributed by atoms with van der Waals surface area (Å²) in [5.41, 5.74) is 3.85. The first-order valence-corrected chi connectivity index (χ1v) is 10.5. The summed E-state index contributed by atoms with van der Waals surface area (Å²) in [6.45, 7) is 6.57. The number of amides is 1. The molecule has 0 spiro atoms. The van der Waals surface area contributed by atoms with Crippen LogP contribution in [0.5, 0.6) is 0 Å². The fourth-order valence-corrected chi connectivity index (χ4v) is 3.89. The van der Waals surface area contributed by atoms with Gasteiger partial charge >= 0.3 is 5.97 Å². The maximum atomic E-state index is 13.0. The fraction of sp³-hybridized carbons (Fsp3) is 0.320. The van der Waals surface area contributed by atoms with Gasteiger partial charge in [0.2, 0.25) is 0 Å². The summed E-state index contributed by atoms with van der Waals surface area (Å²) in [6.07, 6.45) is -0.0748. The predicted molar refractivity (Wildman–Crippen MR) is 119 cm³/mol. The maximum absolute atomic E-state index is 13.0. The Balaban J connectivity index is 1.57. The molecule has 1 aromatic heterocycles. The average molecular weight is 418 g/mol. The van der Waals surface area contributed by atoms with E-state index in [0.29, 0.717) is 35.2 Å². The van der Waals surface area contributed by atoms with Crippen molar-refractivity contribution in [2.45, 2.75) is 33.0 Å². The zero-order chi connectivity index (χ0) is 22.0. The van der Waals surface area contributed by atoms with E-state index in [2.05, 4.69) is 0 Å². The van der Waals surface area contributed by atoms with Gasteiger partial charge in [-0.2, -0.15) is 0 Å². The van der Waals surface area contributed by atoms with E-state index >= 15 is 0 Å². The molecule has 2 aromatic carbocycles. The van der Waals surface area contributed by atoms with Crippen molar-refractivity contribution in [2.24, 2.45) is 0 Å². The number of aryl methyl sites for hydroxylation is 1. The van der Waals surface area contributed by atoms with Crippen molar-refractivity contribution in [1.29, 1.82) is 0 Å². The predicted octanol–water partition coefficient (Wildman–Crippen LogP) is 4.00. The molecule has 160 valence electrons. The van der Waals surface area contributed by atoms with Crippen molar-refractivity contribution in [3.63, 3.8) is 0 Å². The highest BCUT2D eigenvalue weighted by Crippen LogP contribution is 2.26. The maximum Gasteiger partial charge on any atom is 0.339 e. The quantitative estimate of drug-likeness (QED) is 0.599. The summed E-state index contributed by atoms with van der Waals surface area (Å²) in [5.74, 6) is -0.748. The van der Waals surface area contributed by atoms with Gasteiger partial charge in [-0.3, -0.25) is 4.79 Å². The number of aromatic nitrogens is 1. The van der Waals surface area contributed by atoms with Crippen LogP contribution in [0.25, 0.3) is 22.2 Å². The topological polar surface area (TPSA) is 68.7 Å². The number of fused-ring (bicyclic) bond motifs is 1. The lowest BCUT2D eigenvalue weighted by Gasteiger charge is -2.35. The lowest BCUT2D eigenvalue weighted by Crippen LogP contribution is -2.49. The zero-order valence-electron chi connectivity index (χ0n) is 18.0. The van der Waals surface area contributed by atoms with E-state index in [4.69, 9.17) is 14.5 Å². The van der Waals surface area contributed by atoms with E-state index in [1.165, 1.54) is 0 Å². The molecule has 1 saturated heterocycles. The lowest BCUT2D eigenvalue weighted by molar-refractivity contribution is -0.146. The standard InChI is InChI=1S/C25H26N2O4/c1-16-8-10-19(11-9-16)23-12-21(20-6-4-5-7-22(20)26-23)25(29)30-15-24(28)27-13-17(2)31-18(3)14-27/h4-12,17-18H,13-15H2,1-3H3/t17-,18-/m1/s1. The molecular weight excluding hydrogens is 392 g/mol. The van der Waals surface area contributed by atoms with Crippen LogP contribution in [0.15, 0.2) is 54.6 Å². The third kappa shape index (κ3) is 4.75. The van der Waals surface area contributed by atoms with Crippen LogP contribution in [-0.4, -0.2) is 53.7 Å². The Morgan fingerprint density at radius 3 is 2.45 bits per heavy atom. The molecule has 1 aliphatic rings. The van der Waals surface area contributed by atoms with Gasteiger partial charge in [-0.15, -0.1) is 0 Å². The number of nitrogens with zero attached hydrogens (tertiary/aromatic N) is 2. The number of hydrogen-bond donors (Lipinski definition) is 0. The van der Waals surface area contributed by atoms with Gasteiger partial charge in [0.05, 0.1) is 29.0 Å². The molecule has 1 amide bonds. The smallest absolute Gasteiger partial charge is 0.339 e. The first kappa shape index (κ1) is 21.0. The summed E-state index contributed by atoms with van der Waals surface area (Å²) in [7, 11) is 0. The largest absolute Gasteiger partial charge is 0.452 e. The first-order chi connectivity index (χ1) is 14.9. The van der Waals surface area contributed by atoms with E-state index in [0.717, 1.165) is 11.1 Å². The Kier molecular flexibility index (Phi) is 6.00. The molecule has 0 saturated carbocycles. The van der Waals surface area contributed by atoms with Crippen LogP contribution < -0.4 is 0 Å². The number of esters is 1. The molecule has 0 aliphatic carbocycles. The molecule has 3 aromatic rings. The molecule has 0 unspecified atom stereocenters. The first-order valence-electron chi connectivity index (χ1n) is 10.5. The van der Waals surface area contributed by atoms with Crippen LogP contribution in [0.2, 0.25) is 0 Å². The minimum absolute atomic E-state index is 0.0374. The molecule has 4 rings (SSSR count). The SMILES string of the molecule is Cc1ccc(-c2cc(C(=O)OCC(=O)N3C[C@@H](C)O[C@H](C)C3)c3ccccc3n2)cc1. The second kappa shape index (κ2) is 8.86. The molecule has 0 radical (unpaired) electrons. The second-order valence-electron chi connectivity index (χ2n) is 8.07. The van der Waals surface area contributed by atoms with Crippen LogP contribution in [0, 0.1) is 6.92 Å². The molecule has 2 atom stereocenters. The highest BCUT2D eigenvalue weighted by molar-refractivity contribution is 6.05. The van der Waals surface area contributed by atoms with Crippen LogP contribution in [0.1, 0.15) is 29.8 Å². The van der Waals surface area contributed by atoms with E-state index in [1.807, 2.05) is 69.3 Å². The van der Waals surface area contributed by atoms with Gasteiger partial charge in [0.25, 0.3) is 5.91 Å². The molecule has 6 nitrogen and oxygen atoms in total. The number of rotatable bonds is 4. The molecule has 1 aliphatic heterocycles. The highest BCUT2D eigenvalue weighted by Gasteiger charge is 2.27. The fourth-order valence-electron chi connectivity index (χ4n) is 3.89. The monoisotopic (exact) mass is 418 g/mol. The van der Waals surface area contributed by atoms with Crippen LogP contribution in [0.4, 0.5) is 0 Å². The number of carbonyl (C=O) groups is 2. The number of ether oxygens (including phenoxy) is 2. The van der Waals surface area contributed by atoms with Crippen molar-refractivity contribution >= 4 is 22.8 Å². The Morgan fingerprint density at radius 1 is 1.06 bits per heavy atom. The van der Waals surface area contributed by atoms with Gasteiger partial charge in [-0.05, 0) is 32.9 Å². The third-order valence-corrected chi connectivity index (χ3v) is 5.38. The molecular formula is C25H26N2O4. The van der Waals surface area contributed by atoms with E-state index in [9.17, 15) is 9.59 Å². The number of morpholine rings is 1. The average Bonchev–Trinajstić information content (AvgIpc) is 2.76. The molecule has 2 heterocycles. The van der Waals surface area contributed by atoms with Gasteiger partial charge in [-0.1, -0.05) is 48.0 Å². The minimum atomic E-state index is -0.533. The van der Waals surface area contributed by atoms with Crippen molar-refractivity contribution in [3.8, 4) is 11.3 Å². The van der Waals surface area contributed by atoms with Crippen molar-refractivity contribution in [2.75, 3.05) is 19.7 Å². The summed E-state index contributed by atoms with van der Waals surface area (Å²) < 4.78 is 11.1. The van der Waals surface area contributed by atoms with Gasteiger partial charge in [0, 0.05) is 24.0 Å². The van der Waals surface area contributed by atoms with Crippen LogP contribution in [-0.2, 0) is 14.3 Å². The summed E-state index contributed by atoms with van der Waals surface area (Å²) in [6, 6.07) is 17.1. The number of benzene rings is 2. The van der Waals surface area contributed by atoms with E-state index < -0.39 is 5.97 Å². The molecule has 0 bridgehead atoms. The molecule has 1 fully saturated rings. The Bertz CT molecular complexity index is 1100.